The highest BCUT2D eigenvalue weighted by Crippen LogP contribution is 2.01. The first kappa shape index (κ1) is 10.1. The first-order chi connectivity index (χ1) is 4.74. The van der Waals surface area contributed by atoms with E-state index >= 15 is 0 Å². The lowest BCUT2D eigenvalue weighted by Gasteiger charge is -2.32. The molecule has 10 heavy (non-hydrogen) atoms. The van der Waals surface area contributed by atoms with Crippen LogP contribution in [0.5, 0.6) is 0 Å². The Kier molecular flexibility index (Phi) is 4.89. The van der Waals surface area contributed by atoms with Crippen LogP contribution < -0.4 is 16.0 Å². The first-order valence-corrected chi connectivity index (χ1v) is 5.22. The van der Waals surface area contributed by atoms with E-state index in [4.69, 9.17) is 0 Å². The number of hydrogen-bond acceptors (Lipinski definition) is 3. The third kappa shape index (κ3) is 2.38. The van der Waals surface area contributed by atoms with Crippen molar-refractivity contribution in [1.29, 1.82) is 0 Å². The Morgan fingerprint density at radius 1 is 1.10 bits per heavy atom. The maximum atomic E-state index is 3.22. The largest absolute Gasteiger partial charge is 0.290 e. The van der Waals surface area contributed by atoms with Gasteiger partial charge in [0.25, 0.3) is 0 Å². The Balaban J connectivity index is 3.87. The Morgan fingerprint density at radius 3 is 1.60 bits per heavy atom. The minimum Gasteiger partial charge on any atom is -0.290 e. The second kappa shape index (κ2) is 4.84. The molecule has 0 aromatic heterocycles. The van der Waals surface area contributed by atoms with E-state index in [0.717, 1.165) is 6.42 Å². The third-order valence-corrected chi connectivity index (χ3v) is 2.41. The Hall–Kier alpha value is 0.0969. The summed E-state index contributed by atoms with van der Waals surface area (Å²) in [5.41, 5.74) is 0. The van der Waals surface area contributed by atoms with Gasteiger partial charge in [0.2, 0.25) is 0 Å². The standard InChI is InChI=1S/C6H19N3Si/c1-7-6(8-2,9-3)4-5-10/h7-9H,4-5H2,1-3,10H3. The quantitative estimate of drug-likeness (QED) is 0.338. The van der Waals surface area contributed by atoms with E-state index in [2.05, 4.69) is 16.0 Å². The van der Waals surface area contributed by atoms with E-state index in [1.54, 1.807) is 0 Å². The molecule has 0 aromatic rings. The van der Waals surface area contributed by atoms with Crippen LogP contribution >= 0.6 is 0 Å². The van der Waals surface area contributed by atoms with Crippen LogP contribution in [0, 0.1) is 0 Å². The number of nitrogens with one attached hydrogen (secondary N) is 3. The Morgan fingerprint density at radius 2 is 1.50 bits per heavy atom. The van der Waals surface area contributed by atoms with Crippen molar-refractivity contribution >= 4 is 10.2 Å². The molecule has 0 aliphatic rings. The van der Waals surface area contributed by atoms with Crippen molar-refractivity contribution in [2.24, 2.45) is 0 Å². The molecule has 0 fully saturated rings. The second-order valence-electron chi connectivity index (χ2n) is 2.41. The normalized spacial score (nSPS) is 12.3. The van der Waals surface area contributed by atoms with Gasteiger partial charge in [-0.1, -0.05) is 6.04 Å². The summed E-state index contributed by atoms with van der Waals surface area (Å²) in [4.78, 5) is 0. The van der Waals surface area contributed by atoms with Gasteiger partial charge in [-0.25, -0.2) is 0 Å². The highest BCUT2D eigenvalue weighted by atomic mass is 28.1. The molecule has 4 heteroatoms. The summed E-state index contributed by atoms with van der Waals surface area (Å²) in [7, 11) is 7.15. The molecule has 3 nitrogen and oxygen atoms in total. The van der Waals surface area contributed by atoms with Gasteiger partial charge < -0.3 is 0 Å². The molecular formula is C6H19N3Si. The van der Waals surface area contributed by atoms with E-state index in [0.29, 0.717) is 0 Å². The topological polar surface area (TPSA) is 36.1 Å². The minimum atomic E-state index is -0.0399. The second-order valence-corrected chi connectivity index (χ2v) is 3.41. The summed E-state index contributed by atoms with van der Waals surface area (Å²) >= 11 is 0. The SMILES string of the molecule is CNC(CC[SiH3])(NC)NC. The van der Waals surface area contributed by atoms with E-state index in [1.807, 2.05) is 21.1 Å². The van der Waals surface area contributed by atoms with Gasteiger partial charge in [-0.3, -0.25) is 16.0 Å². The van der Waals surface area contributed by atoms with Crippen LogP contribution in [0.2, 0.25) is 6.04 Å². The summed E-state index contributed by atoms with van der Waals surface area (Å²) in [6, 6.07) is 1.29. The molecule has 3 N–H and O–H groups in total. The lowest BCUT2D eigenvalue weighted by Crippen LogP contribution is -2.62. The molecule has 0 radical (unpaired) electrons. The van der Waals surface area contributed by atoms with Crippen LogP contribution in [-0.4, -0.2) is 37.2 Å². The van der Waals surface area contributed by atoms with Crippen molar-refractivity contribution in [2.45, 2.75) is 18.3 Å². The number of rotatable bonds is 5. The van der Waals surface area contributed by atoms with Crippen molar-refractivity contribution in [1.82, 2.24) is 16.0 Å². The maximum absolute atomic E-state index is 3.22. The van der Waals surface area contributed by atoms with Crippen LogP contribution in [0.25, 0.3) is 0 Å². The van der Waals surface area contributed by atoms with Crippen LogP contribution in [0.15, 0.2) is 0 Å². The zero-order valence-electron chi connectivity index (χ0n) is 7.41. The monoisotopic (exact) mass is 161 g/mol. The molecule has 0 bridgehead atoms. The molecule has 0 amide bonds. The van der Waals surface area contributed by atoms with Crippen LogP contribution in [0.3, 0.4) is 0 Å². The molecule has 0 saturated carbocycles. The van der Waals surface area contributed by atoms with Gasteiger partial charge in [-0.2, -0.15) is 0 Å². The van der Waals surface area contributed by atoms with Gasteiger partial charge in [-0.05, 0) is 27.6 Å². The first-order valence-electron chi connectivity index (χ1n) is 3.81. The maximum Gasteiger partial charge on any atom is 0.122 e. The van der Waals surface area contributed by atoms with Crippen LogP contribution in [0.1, 0.15) is 6.42 Å². The van der Waals surface area contributed by atoms with Crippen molar-refractivity contribution in [2.75, 3.05) is 21.1 Å². The molecule has 0 spiro atoms. The zero-order chi connectivity index (χ0) is 8.04. The third-order valence-electron chi connectivity index (χ3n) is 1.91. The van der Waals surface area contributed by atoms with E-state index in [1.165, 1.54) is 16.3 Å². The highest BCUT2D eigenvalue weighted by molar-refractivity contribution is 6.08. The van der Waals surface area contributed by atoms with Crippen molar-refractivity contribution in [3.63, 3.8) is 0 Å². The lowest BCUT2D eigenvalue weighted by atomic mass is 10.2. The summed E-state index contributed by atoms with van der Waals surface area (Å²) in [6.07, 6.45) is 1.14. The van der Waals surface area contributed by atoms with Gasteiger partial charge in [0.15, 0.2) is 0 Å². The summed E-state index contributed by atoms with van der Waals surface area (Å²) in [5, 5.41) is 9.65. The molecule has 0 saturated heterocycles. The molecule has 0 aromatic carbocycles. The zero-order valence-corrected chi connectivity index (χ0v) is 9.41. The predicted octanol–water partition coefficient (Wildman–Crippen LogP) is -1.53. The van der Waals surface area contributed by atoms with Gasteiger partial charge in [-0.15, -0.1) is 0 Å². The fraction of sp³-hybridized carbons (Fsp3) is 1.00. The summed E-state index contributed by atoms with van der Waals surface area (Å²) < 4.78 is 0. The van der Waals surface area contributed by atoms with Crippen LogP contribution in [-0.2, 0) is 0 Å². The predicted molar refractivity (Wildman–Crippen MR) is 49.3 cm³/mol. The molecule has 0 unspecified atom stereocenters. The molecule has 0 atom stereocenters. The summed E-state index contributed by atoms with van der Waals surface area (Å²) in [5.74, 6) is -0.0399. The van der Waals surface area contributed by atoms with Gasteiger partial charge in [0.05, 0.1) is 0 Å². The van der Waals surface area contributed by atoms with Crippen LogP contribution in [0.4, 0.5) is 0 Å². The molecule has 62 valence electrons. The summed E-state index contributed by atoms with van der Waals surface area (Å²) in [6.45, 7) is 0. The fourth-order valence-corrected chi connectivity index (χ4v) is 1.87. The Bertz CT molecular complexity index is 74.8. The van der Waals surface area contributed by atoms with E-state index in [9.17, 15) is 0 Å². The van der Waals surface area contributed by atoms with E-state index < -0.39 is 0 Å². The van der Waals surface area contributed by atoms with Crippen molar-refractivity contribution in [3.8, 4) is 0 Å². The Labute approximate surface area is 66.4 Å². The van der Waals surface area contributed by atoms with Gasteiger partial charge in [0, 0.05) is 10.2 Å². The van der Waals surface area contributed by atoms with Gasteiger partial charge in [0.1, 0.15) is 5.79 Å². The smallest absolute Gasteiger partial charge is 0.122 e. The number of hydrogen-bond donors (Lipinski definition) is 3. The molecule has 0 aliphatic heterocycles. The molecule has 0 aliphatic carbocycles. The average Bonchev–Trinajstić information content (AvgIpc) is 2.01. The molecular weight excluding hydrogens is 142 g/mol. The molecule has 0 heterocycles. The minimum absolute atomic E-state index is 0.0399. The van der Waals surface area contributed by atoms with Crippen molar-refractivity contribution in [3.05, 3.63) is 0 Å². The van der Waals surface area contributed by atoms with Crippen molar-refractivity contribution < 1.29 is 0 Å². The average molecular weight is 161 g/mol. The lowest BCUT2D eigenvalue weighted by molar-refractivity contribution is 0.237. The van der Waals surface area contributed by atoms with Gasteiger partial charge >= 0.3 is 0 Å². The molecule has 0 rings (SSSR count). The van der Waals surface area contributed by atoms with E-state index in [-0.39, 0.29) is 5.79 Å². The highest BCUT2D eigenvalue weighted by Gasteiger charge is 2.20. The fourth-order valence-electron chi connectivity index (χ4n) is 1.12.